The summed E-state index contributed by atoms with van der Waals surface area (Å²) in [5, 5.41) is -0.736. The maximum absolute atomic E-state index is 12.5. The lowest BCUT2D eigenvalue weighted by Crippen LogP contribution is -2.44. The summed E-state index contributed by atoms with van der Waals surface area (Å²) in [5.41, 5.74) is -0.720. The minimum atomic E-state index is -3.34. The minimum Gasteiger partial charge on any atom is -0.467 e. The summed E-state index contributed by atoms with van der Waals surface area (Å²) in [6.45, 7) is 5.13. The predicted molar refractivity (Wildman–Crippen MR) is 83.7 cm³/mol. The highest BCUT2D eigenvalue weighted by Gasteiger charge is 2.47. The Balaban J connectivity index is 2.15. The van der Waals surface area contributed by atoms with Gasteiger partial charge in [0.2, 0.25) is 0 Å². The number of carbonyl (C=O) groups excluding carboxylic acids is 2. The largest absolute Gasteiger partial charge is 0.467 e. The predicted octanol–water partition coefficient (Wildman–Crippen LogP) is 1.36. The molecule has 0 bridgehead atoms. The van der Waals surface area contributed by atoms with Gasteiger partial charge in [0.1, 0.15) is 11.6 Å². The molecule has 1 aliphatic carbocycles. The van der Waals surface area contributed by atoms with Crippen molar-refractivity contribution in [3.05, 3.63) is 0 Å². The third kappa shape index (κ3) is 4.59. The quantitative estimate of drug-likeness (QED) is 0.713. The van der Waals surface area contributed by atoms with Gasteiger partial charge in [-0.1, -0.05) is 0 Å². The summed E-state index contributed by atoms with van der Waals surface area (Å²) in [6.07, 6.45) is 1.25. The Morgan fingerprint density at radius 2 is 1.83 bits per heavy atom. The molecule has 1 aliphatic heterocycles. The number of methoxy groups -OCH3 is 1. The van der Waals surface area contributed by atoms with Gasteiger partial charge in [0.25, 0.3) is 0 Å². The maximum Gasteiger partial charge on any atom is 0.411 e. The SMILES string of the molecule is COC(=O)[C@@H]1C[C@@H](S(=O)(=O)CC2CC2)CN1C(=O)OC(C)(C)C. The molecular weight excluding hydrogens is 322 g/mol. The molecule has 2 atom stereocenters. The number of rotatable bonds is 4. The normalized spacial score (nSPS) is 25.3. The highest BCUT2D eigenvalue weighted by Crippen LogP contribution is 2.34. The fraction of sp³-hybridized carbons (Fsp3) is 0.867. The van der Waals surface area contributed by atoms with Gasteiger partial charge in [0.05, 0.1) is 18.1 Å². The summed E-state index contributed by atoms with van der Waals surface area (Å²) >= 11 is 0. The Kier molecular flexibility index (Phi) is 4.94. The van der Waals surface area contributed by atoms with E-state index in [-0.39, 0.29) is 24.6 Å². The van der Waals surface area contributed by atoms with E-state index in [1.807, 2.05) is 0 Å². The van der Waals surface area contributed by atoms with Gasteiger partial charge in [0, 0.05) is 6.54 Å². The van der Waals surface area contributed by atoms with Gasteiger partial charge >= 0.3 is 12.1 Å². The average molecular weight is 347 g/mol. The van der Waals surface area contributed by atoms with Crippen molar-refractivity contribution in [2.75, 3.05) is 19.4 Å². The molecule has 1 saturated heterocycles. The van der Waals surface area contributed by atoms with Crippen molar-refractivity contribution in [3.8, 4) is 0 Å². The topological polar surface area (TPSA) is 90.0 Å². The van der Waals surface area contributed by atoms with Crippen LogP contribution in [0.25, 0.3) is 0 Å². The molecule has 0 spiro atoms. The molecular formula is C15H25NO6S. The fourth-order valence-electron chi connectivity index (χ4n) is 2.69. The zero-order valence-corrected chi connectivity index (χ0v) is 14.9. The second-order valence-electron chi connectivity index (χ2n) is 7.30. The third-order valence-corrected chi connectivity index (χ3v) is 6.33. The maximum atomic E-state index is 12.5. The van der Waals surface area contributed by atoms with Crippen molar-refractivity contribution < 1.29 is 27.5 Å². The first kappa shape index (κ1) is 18.0. The Labute approximate surface area is 137 Å². The molecule has 1 heterocycles. The first-order valence-electron chi connectivity index (χ1n) is 7.82. The van der Waals surface area contributed by atoms with Crippen LogP contribution in [-0.2, 0) is 24.1 Å². The molecule has 0 N–H and O–H groups in total. The molecule has 0 aromatic rings. The summed E-state index contributed by atoms with van der Waals surface area (Å²) in [4.78, 5) is 25.4. The molecule has 8 heteroatoms. The van der Waals surface area contributed by atoms with Crippen molar-refractivity contribution in [2.45, 2.75) is 56.9 Å². The van der Waals surface area contributed by atoms with Gasteiger partial charge in [0.15, 0.2) is 9.84 Å². The zero-order valence-electron chi connectivity index (χ0n) is 14.1. The molecule has 2 fully saturated rings. The second kappa shape index (κ2) is 6.30. The third-order valence-electron chi connectivity index (χ3n) is 4.04. The Hall–Kier alpha value is -1.31. The van der Waals surface area contributed by atoms with Crippen LogP contribution in [0.15, 0.2) is 0 Å². The summed E-state index contributed by atoms with van der Waals surface area (Å²) in [6, 6.07) is -0.908. The van der Waals surface area contributed by atoms with Crippen LogP contribution in [0.4, 0.5) is 4.79 Å². The molecule has 0 aromatic heterocycles. The van der Waals surface area contributed by atoms with E-state index in [9.17, 15) is 18.0 Å². The monoisotopic (exact) mass is 347 g/mol. The van der Waals surface area contributed by atoms with E-state index in [0.29, 0.717) is 0 Å². The van der Waals surface area contributed by atoms with Crippen LogP contribution in [0.1, 0.15) is 40.0 Å². The summed E-state index contributed by atoms with van der Waals surface area (Å²) < 4.78 is 34.9. The Bertz CT molecular complexity index is 575. The van der Waals surface area contributed by atoms with Crippen LogP contribution >= 0.6 is 0 Å². The number of sulfone groups is 1. The van der Waals surface area contributed by atoms with Gasteiger partial charge in [-0.2, -0.15) is 0 Å². The molecule has 2 rings (SSSR count). The Morgan fingerprint density at radius 3 is 2.30 bits per heavy atom. The van der Waals surface area contributed by atoms with E-state index in [2.05, 4.69) is 0 Å². The van der Waals surface area contributed by atoms with E-state index in [1.165, 1.54) is 12.0 Å². The standard InChI is InChI=1S/C15H25NO6S/c1-15(2,3)22-14(18)16-8-11(7-12(16)13(17)21-4)23(19,20)9-10-5-6-10/h10-12H,5-9H2,1-4H3/t11-,12+/m1/s1. The van der Waals surface area contributed by atoms with Crippen LogP contribution in [0.2, 0.25) is 0 Å². The lowest BCUT2D eigenvalue weighted by Gasteiger charge is -2.27. The van der Waals surface area contributed by atoms with Crippen LogP contribution in [0.3, 0.4) is 0 Å². The summed E-state index contributed by atoms with van der Waals surface area (Å²) in [5.74, 6) is -0.250. The van der Waals surface area contributed by atoms with Crippen molar-refractivity contribution in [2.24, 2.45) is 5.92 Å². The molecule has 132 valence electrons. The lowest BCUT2D eigenvalue weighted by molar-refractivity contribution is -0.145. The van der Waals surface area contributed by atoms with E-state index in [4.69, 9.17) is 9.47 Å². The van der Waals surface area contributed by atoms with E-state index >= 15 is 0 Å². The molecule has 0 radical (unpaired) electrons. The number of likely N-dealkylation sites (tertiary alicyclic amines) is 1. The highest BCUT2D eigenvalue weighted by molar-refractivity contribution is 7.92. The first-order chi connectivity index (χ1) is 10.5. The molecule has 0 aromatic carbocycles. The fourth-order valence-corrected chi connectivity index (χ4v) is 4.81. The van der Waals surface area contributed by atoms with Crippen LogP contribution in [-0.4, -0.2) is 61.7 Å². The van der Waals surface area contributed by atoms with Crippen molar-refractivity contribution >= 4 is 21.9 Å². The number of carbonyl (C=O) groups is 2. The van der Waals surface area contributed by atoms with Crippen molar-refractivity contribution in [1.29, 1.82) is 0 Å². The van der Waals surface area contributed by atoms with Crippen molar-refractivity contribution in [1.82, 2.24) is 4.90 Å². The van der Waals surface area contributed by atoms with E-state index in [1.54, 1.807) is 20.8 Å². The highest BCUT2D eigenvalue weighted by atomic mass is 32.2. The molecule has 1 amide bonds. The molecule has 0 unspecified atom stereocenters. The van der Waals surface area contributed by atoms with Crippen molar-refractivity contribution in [3.63, 3.8) is 0 Å². The lowest BCUT2D eigenvalue weighted by atomic mass is 10.2. The molecule has 7 nitrogen and oxygen atoms in total. The first-order valence-corrected chi connectivity index (χ1v) is 9.54. The second-order valence-corrected chi connectivity index (χ2v) is 9.63. The van der Waals surface area contributed by atoms with Gasteiger partial charge in [-0.05, 0) is 46.0 Å². The number of hydrogen-bond acceptors (Lipinski definition) is 6. The minimum absolute atomic E-state index is 0.0241. The summed E-state index contributed by atoms with van der Waals surface area (Å²) in [7, 11) is -2.11. The molecule has 23 heavy (non-hydrogen) atoms. The number of esters is 1. The Morgan fingerprint density at radius 1 is 1.22 bits per heavy atom. The number of ether oxygens (including phenoxy) is 2. The van der Waals surface area contributed by atoms with Crippen LogP contribution < -0.4 is 0 Å². The van der Waals surface area contributed by atoms with E-state index in [0.717, 1.165) is 12.8 Å². The number of hydrogen-bond donors (Lipinski definition) is 0. The van der Waals surface area contributed by atoms with Gasteiger partial charge in [-0.3, -0.25) is 4.90 Å². The number of amides is 1. The molecule has 2 aliphatic rings. The van der Waals surface area contributed by atoms with Gasteiger partial charge < -0.3 is 9.47 Å². The smallest absolute Gasteiger partial charge is 0.411 e. The van der Waals surface area contributed by atoms with E-state index < -0.39 is 38.8 Å². The number of nitrogens with zero attached hydrogens (tertiary/aromatic N) is 1. The average Bonchev–Trinajstić information content (AvgIpc) is 3.08. The van der Waals surface area contributed by atoms with Crippen LogP contribution in [0.5, 0.6) is 0 Å². The van der Waals surface area contributed by atoms with Gasteiger partial charge in [-0.15, -0.1) is 0 Å². The zero-order chi connectivity index (χ0) is 17.4. The van der Waals surface area contributed by atoms with Gasteiger partial charge in [-0.25, -0.2) is 18.0 Å². The molecule has 1 saturated carbocycles. The van der Waals surface area contributed by atoms with Crippen LogP contribution in [0, 0.1) is 5.92 Å².